The van der Waals surface area contributed by atoms with Crippen LogP contribution in [0.25, 0.3) is 21.9 Å². The lowest BCUT2D eigenvalue weighted by atomic mass is 9.99. The first-order valence-electron chi connectivity index (χ1n) is 8.57. The highest BCUT2D eigenvalue weighted by atomic mass is 32.2. The van der Waals surface area contributed by atoms with Gasteiger partial charge in [0.25, 0.3) is 5.56 Å². The maximum absolute atomic E-state index is 13.7. The van der Waals surface area contributed by atoms with Crippen molar-refractivity contribution in [2.24, 2.45) is 7.05 Å². The number of sulfone groups is 1. The van der Waals surface area contributed by atoms with Crippen LogP contribution in [-0.2, 0) is 16.9 Å². The molecule has 0 bridgehead atoms. The maximum Gasteiger partial charge on any atom is 0.258 e. The Morgan fingerprint density at radius 1 is 1.04 bits per heavy atom. The molecule has 7 heteroatoms. The minimum atomic E-state index is -3.42. The van der Waals surface area contributed by atoms with Crippen LogP contribution in [0, 0.1) is 5.82 Å². The average Bonchev–Trinajstić information content (AvgIpc) is 2.65. The Hall–Kier alpha value is -2.67. The van der Waals surface area contributed by atoms with Crippen LogP contribution in [0.3, 0.4) is 0 Å². The van der Waals surface area contributed by atoms with Crippen LogP contribution >= 0.6 is 0 Å². The summed E-state index contributed by atoms with van der Waals surface area (Å²) in [5, 5.41) is 0.757. The molecule has 3 aromatic rings. The standard InChI is InChI=1S/C20H20FNO4S/c1-4-26-19-9-7-14(27(24,25)5-2)11-16(19)18-12-22(3)20(23)17-10-13(21)6-8-15(17)18/h6-12H,4-5H2,1-3H3. The van der Waals surface area contributed by atoms with Gasteiger partial charge in [-0.25, -0.2) is 12.8 Å². The molecule has 3 rings (SSSR count). The van der Waals surface area contributed by atoms with Crippen molar-refractivity contribution in [1.82, 2.24) is 4.57 Å². The lowest BCUT2D eigenvalue weighted by molar-refractivity contribution is 0.341. The second-order valence-corrected chi connectivity index (χ2v) is 8.42. The van der Waals surface area contributed by atoms with Crippen LogP contribution in [0.1, 0.15) is 13.8 Å². The molecule has 1 aromatic heterocycles. The van der Waals surface area contributed by atoms with Crippen molar-refractivity contribution < 1.29 is 17.5 Å². The van der Waals surface area contributed by atoms with E-state index in [1.165, 1.54) is 28.8 Å². The Bertz CT molecular complexity index is 1180. The number of nitrogens with zero attached hydrogens (tertiary/aromatic N) is 1. The van der Waals surface area contributed by atoms with E-state index in [-0.39, 0.29) is 21.6 Å². The number of halogens is 1. The number of hydrogen-bond donors (Lipinski definition) is 0. The molecule has 27 heavy (non-hydrogen) atoms. The van der Waals surface area contributed by atoms with Crippen LogP contribution in [-0.4, -0.2) is 25.3 Å². The zero-order chi connectivity index (χ0) is 19.8. The normalized spacial score (nSPS) is 11.7. The van der Waals surface area contributed by atoms with Gasteiger partial charge in [-0.05, 0) is 42.6 Å². The van der Waals surface area contributed by atoms with Crippen molar-refractivity contribution >= 4 is 20.6 Å². The quantitative estimate of drug-likeness (QED) is 0.670. The third-order valence-electron chi connectivity index (χ3n) is 4.43. The van der Waals surface area contributed by atoms with Gasteiger partial charge >= 0.3 is 0 Å². The zero-order valence-electron chi connectivity index (χ0n) is 15.3. The second-order valence-electron chi connectivity index (χ2n) is 6.14. The lowest BCUT2D eigenvalue weighted by Crippen LogP contribution is -2.17. The lowest BCUT2D eigenvalue weighted by Gasteiger charge is -2.15. The molecule has 0 saturated heterocycles. The van der Waals surface area contributed by atoms with Crippen molar-refractivity contribution in [2.75, 3.05) is 12.4 Å². The molecule has 0 aliphatic carbocycles. The Kier molecular flexibility index (Phi) is 5.06. The van der Waals surface area contributed by atoms with Crippen molar-refractivity contribution in [1.29, 1.82) is 0 Å². The minimum absolute atomic E-state index is 0.0281. The Morgan fingerprint density at radius 3 is 2.44 bits per heavy atom. The summed E-state index contributed by atoms with van der Waals surface area (Å²) in [6.45, 7) is 3.80. The first kappa shape index (κ1) is 19.1. The van der Waals surface area contributed by atoms with E-state index in [4.69, 9.17) is 4.74 Å². The summed E-state index contributed by atoms with van der Waals surface area (Å²) in [4.78, 5) is 12.6. The number of aryl methyl sites for hydroxylation is 1. The molecule has 0 fully saturated rings. The van der Waals surface area contributed by atoms with E-state index in [2.05, 4.69) is 0 Å². The highest BCUT2D eigenvalue weighted by Crippen LogP contribution is 2.36. The fourth-order valence-electron chi connectivity index (χ4n) is 3.02. The Balaban J connectivity index is 2.40. The predicted octanol–water partition coefficient (Wildman–Crippen LogP) is 3.54. The van der Waals surface area contributed by atoms with Gasteiger partial charge in [0.1, 0.15) is 11.6 Å². The summed E-state index contributed by atoms with van der Waals surface area (Å²) in [6.07, 6.45) is 1.61. The molecular weight excluding hydrogens is 369 g/mol. The van der Waals surface area contributed by atoms with Gasteiger partial charge in [0.2, 0.25) is 0 Å². The molecule has 0 saturated carbocycles. The molecule has 0 spiro atoms. The van der Waals surface area contributed by atoms with Crippen LogP contribution in [0.15, 0.2) is 52.3 Å². The van der Waals surface area contributed by atoms with Crippen LogP contribution in [0.4, 0.5) is 4.39 Å². The molecule has 0 aliphatic heterocycles. The van der Waals surface area contributed by atoms with E-state index in [0.29, 0.717) is 28.9 Å². The highest BCUT2D eigenvalue weighted by molar-refractivity contribution is 7.91. The largest absolute Gasteiger partial charge is 0.493 e. The average molecular weight is 389 g/mol. The van der Waals surface area contributed by atoms with E-state index in [9.17, 15) is 17.6 Å². The molecule has 5 nitrogen and oxygen atoms in total. The van der Waals surface area contributed by atoms with E-state index in [1.54, 1.807) is 32.3 Å². The van der Waals surface area contributed by atoms with E-state index < -0.39 is 15.7 Å². The smallest absolute Gasteiger partial charge is 0.258 e. The molecular formula is C20H20FNO4S. The molecule has 0 aliphatic rings. The first-order chi connectivity index (χ1) is 12.8. The monoisotopic (exact) mass is 389 g/mol. The molecule has 0 radical (unpaired) electrons. The third kappa shape index (κ3) is 3.47. The van der Waals surface area contributed by atoms with Crippen molar-refractivity contribution in [3.8, 4) is 16.9 Å². The topological polar surface area (TPSA) is 65.4 Å². The number of pyridine rings is 1. The summed E-state index contributed by atoms with van der Waals surface area (Å²) in [7, 11) is -1.85. The Morgan fingerprint density at radius 2 is 1.78 bits per heavy atom. The Labute approximate surface area is 156 Å². The van der Waals surface area contributed by atoms with Gasteiger partial charge in [0, 0.05) is 24.4 Å². The fraction of sp³-hybridized carbons (Fsp3) is 0.250. The molecule has 1 heterocycles. The van der Waals surface area contributed by atoms with Gasteiger partial charge in [-0.3, -0.25) is 4.79 Å². The van der Waals surface area contributed by atoms with E-state index >= 15 is 0 Å². The fourth-order valence-corrected chi connectivity index (χ4v) is 3.92. The van der Waals surface area contributed by atoms with Gasteiger partial charge in [-0.1, -0.05) is 13.0 Å². The van der Waals surface area contributed by atoms with Crippen molar-refractivity contribution in [3.63, 3.8) is 0 Å². The summed E-state index contributed by atoms with van der Waals surface area (Å²) in [6, 6.07) is 8.66. The molecule has 0 atom stereocenters. The summed E-state index contributed by atoms with van der Waals surface area (Å²) >= 11 is 0. The SMILES string of the molecule is CCOc1ccc(S(=O)(=O)CC)cc1-c1cn(C)c(=O)c2cc(F)ccc12. The second kappa shape index (κ2) is 7.15. The van der Waals surface area contributed by atoms with Gasteiger partial charge in [-0.2, -0.15) is 0 Å². The number of benzene rings is 2. The minimum Gasteiger partial charge on any atom is -0.493 e. The van der Waals surface area contributed by atoms with Gasteiger partial charge in [-0.15, -0.1) is 0 Å². The van der Waals surface area contributed by atoms with E-state index in [1.807, 2.05) is 6.92 Å². The summed E-state index contributed by atoms with van der Waals surface area (Å²) < 4.78 is 45.4. The highest BCUT2D eigenvalue weighted by Gasteiger charge is 2.18. The molecule has 0 N–H and O–H groups in total. The number of ether oxygens (including phenoxy) is 1. The first-order valence-corrected chi connectivity index (χ1v) is 10.2. The molecule has 2 aromatic carbocycles. The zero-order valence-corrected chi connectivity index (χ0v) is 16.1. The number of aromatic nitrogens is 1. The van der Waals surface area contributed by atoms with Gasteiger partial charge < -0.3 is 9.30 Å². The predicted molar refractivity (Wildman–Crippen MR) is 103 cm³/mol. The van der Waals surface area contributed by atoms with Crippen LogP contribution in [0.2, 0.25) is 0 Å². The number of fused-ring (bicyclic) bond motifs is 1. The van der Waals surface area contributed by atoms with Crippen LogP contribution in [0.5, 0.6) is 5.75 Å². The maximum atomic E-state index is 13.7. The number of rotatable bonds is 5. The van der Waals surface area contributed by atoms with Gasteiger partial charge in [0.05, 0.1) is 22.6 Å². The van der Waals surface area contributed by atoms with Crippen LogP contribution < -0.4 is 10.3 Å². The van der Waals surface area contributed by atoms with E-state index in [0.717, 1.165) is 0 Å². The van der Waals surface area contributed by atoms with Crippen molar-refractivity contribution in [3.05, 3.63) is 58.8 Å². The molecule has 0 amide bonds. The summed E-state index contributed by atoms with van der Waals surface area (Å²) in [5.41, 5.74) is 0.811. The summed E-state index contributed by atoms with van der Waals surface area (Å²) in [5.74, 6) is -0.0412. The molecule has 0 unspecified atom stereocenters. The van der Waals surface area contributed by atoms with Crippen molar-refractivity contribution in [2.45, 2.75) is 18.7 Å². The number of hydrogen-bond acceptors (Lipinski definition) is 4. The third-order valence-corrected chi connectivity index (χ3v) is 6.16. The molecule has 142 valence electrons. The van der Waals surface area contributed by atoms with Gasteiger partial charge in [0.15, 0.2) is 9.84 Å².